The highest BCUT2D eigenvalue weighted by Gasteiger charge is 2.26. The van der Waals surface area contributed by atoms with Crippen molar-refractivity contribution >= 4 is 55.6 Å². The quantitative estimate of drug-likeness (QED) is 0.352. The van der Waals surface area contributed by atoms with Crippen LogP contribution in [-0.4, -0.2) is 32.1 Å². The molecule has 0 spiro atoms. The second kappa shape index (κ2) is 5.72. The zero-order valence-electron chi connectivity index (χ0n) is 14.4. The number of rotatable bonds is 2. The summed E-state index contributed by atoms with van der Waals surface area (Å²) in [6.07, 6.45) is 0. The molecular formula is C22H12N2O4. The number of pyridine rings is 2. The molecule has 28 heavy (non-hydrogen) atoms. The largest absolute Gasteiger partial charge is 0.478 e. The van der Waals surface area contributed by atoms with E-state index >= 15 is 0 Å². The fourth-order valence-electron chi connectivity index (χ4n) is 3.69. The Morgan fingerprint density at radius 2 is 1.04 bits per heavy atom. The molecule has 134 valence electrons. The zero-order chi connectivity index (χ0) is 19.4. The van der Waals surface area contributed by atoms with Gasteiger partial charge in [-0.1, -0.05) is 36.4 Å². The van der Waals surface area contributed by atoms with Crippen molar-refractivity contribution in [1.29, 1.82) is 0 Å². The smallest absolute Gasteiger partial charge is 0.337 e. The van der Waals surface area contributed by atoms with E-state index in [1.165, 1.54) is 0 Å². The monoisotopic (exact) mass is 368 g/mol. The maximum atomic E-state index is 12.1. The first-order valence-electron chi connectivity index (χ1n) is 8.56. The van der Waals surface area contributed by atoms with E-state index in [9.17, 15) is 19.8 Å². The third-order valence-electron chi connectivity index (χ3n) is 4.89. The highest BCUT2D eigenvalue weighted by molar-refractivity contribution is 6.24. The Morgan fingerprint density at radius 3 is 1.43 bits per heavy atom. The maximum absolute atomic E-state index is 12.1. The van der Waals surface area contributed by atoms with Gasteiger partial charge in [-0.3, -0.25) is 0 Å². The van der Waals surface area contributed by atoms with Crippen molar-refractivity contribution in [2.45, 2.75) is 0 Å². The van der Waals surface area contributed by atoms with Crippen LogP contribution in [0.25, 0.3) is 43.6 Å². The summed E-state index contributed by atoms with van der Waals surface area (Å²) in [6, 6.07) is 17.9. The Morgan fingerprint density at radius 1 is 0.643 bits per heavy atom. The van der Waals surface area contributed by atoms with Crippen molar-refractivity contribution in [2.24, 2.45) is 0 Å². The topological polar surface area (TPSA) is 100 Å². The predicted octanol–water partition coefficient (Wildman–Crippen LogP) is 4.49. The maximum Gasteiger partial charge on any atom is 0.337 e. The molecule has 0 fully saturated rings. The van der Waals surface area contributed by atoms with E-state index in [4.69, 9.17) is 0 Å². The van der Waals surface area contributed by atoms with Gasteiger partial charge in [0.15, 0.2) is 0 Å². The lowest BCUT2D eigenvalue weighted by atomic mass is 9.94. The first kappa shape index (κ1) is 16.1. The molecule has 5 rings (SSSR count). The van der Waals surface area contributed by atoms with Crippen molar-refractivity contribution in [3.63, 3.8) is 0 Å². The number of nitrogens with zero attached hydrogens (tertiary/aromatic N) is 2. The van der Waals surface area contributed by atoms with Crippen molar-refractivity contribution in [1.82, 2.24) is 9.97 Å². The second-order valence-corrected chi connectivity index (χ2v) is 6.51. The average molecular weight is 368 g/mol. The van der Waals surface area contributed by atoms with E-state index < -0.39 is 11.9 Å². The molecular weight excluding hydrogens is 356 g/mol. The lowest BCUT2D eigenvalue weighted by molar-refractivity contribution is 0.0655. The molecule has 0 aliphatic heterocycles. The molecule has 2 N–H and O–H groups in total. The van der Waals surface area contributed by atoms with Gasteiger partial charge in [0.1, 0.15) is 0 Å². The number of carbonyl (C=O) groups is 2. The van der Waals surface area contributed by atoms with Crippen LogP contribution in [-0.2, 0) is 0 Å². The highest BCUT2D eigenvalue weighted by Crippen LogP contribution is 2.34. The number of fused-ring (bicyclic) bond motifs is 5. The number of para-hydroxylation sites is 2. The van der Waals surface area contributed by atoms with Gasteiger partial charge in [0, 0.05) is 21.5 Å². The number of carboxylic acid groups (broad SMARTS) is 2. The van der Waals surface area contributed by atoms with Crippen molar-refractivity contribution < 1.29 is 19.8 Å². The van der Waals surface area contributed by atoms with Crippen LogP contribution in [0.2, 0.25) is 0 Å². The number of benzene rings is 3. The molecule has 0 radical (unpaired) electrons. The summed E-state index contributed by atoms with van der Waals surface area (Å²) in [7, 11) is 0. The fourth-order valence-corrected chi connectivity index (χ4v) is 3.69. The Labute approximate surface area is 157 Å². The molecule has 3 aromatic carbocycles. The van der Waals surface area contributed by atoms with Gasteiger partial charge >= 0.3 is 11.9 Å². The second-order valence-electron chi connectivity index (χ2n) is 6.51. The molecule has 0 aliphatic rings. The summed E-state index contributed by atoms with van der Waals surface area (Å²) in [5, 5.41) is 21.7. The van der Waals surface area contributed by atoms with Gasteiger partial charge in [-0.2, -0.15) is 0 Å². The molecule has 6 heteroatoms. The van der Waals surface area contributed by atoms with Crippen molar-refractivity contribution in [3.05, 3.63) is 71.8 Å². The van der Waals surface area contributed by atoms with Crippen molar-refractivity contribution in [3.8, 4) is 0 Å². The van der Waals surface area contributed by atoms with Crippen LogP contribution >= 0.6 is 0 Å². The minimum absolute atomic E-state index is 0.263. The molecule has 0 atom stereocenters. The molecule has 2 heterocycles. The number of aromatic nitrogens is 2. The van der Waals surface area contributed by atoms with E-state index in [1.807, 2.05) is 48.5 Å². The summed E-state index contributed by atoms with van der Waals surface area (Å²) < 4.78 is 0. The van der Waals surface area contributed by atoms with E-state index in [1.54, 1.807) is 12.1 Å². The van der Waals surface area contributed by atoms with Gasteiger partial charge in [-0.25, -0.2) is 19.6 Å². The molecule has 0 bridgehead atoms. The average Bonchev–Trinajstić information content (AvgIpc) is 2.69. The third kappa shape index (κ3) is 2.21. The van der Waals surface area contributed by atoms with Gasteiger partial charge in [0.05, 0.1) is 33.2 Å². The van der Waals surface area contributed by atoms with Crippen LogP contribution in [0.4, 0.5) is 0 Å². The van der Waals surface area contributed by atoms with E-state index in [2.05, 4.69) is 9.97 Å². The van der Waals surface area contributed by atoms with Gasteiger partial charge < -0.3 is 10.2 Å². The minimum atomic E-state index is -1.31. The molecule has 0 saturated heterocycles. The molecule has 2 aromatic heterocycles. The van der Waals surface area contributed by atoms with E-state index in [0.29, 0.717) is 22.1 Å². The summed E-state index contributed by atoms with van der Waals surface area (Å²) in [5.74, 6) is -2.62. The lowest BCUT2D eigenvalue weighted by Crippen LogP contribution is -2.11. The molecule has 5 aromatic rings. The zero-order valence-corrected chi connectivity index (χ0v) is 14.4. The SMILES string of the molecule is O=C(O)c1c(C(=O)O)c2cc3ccccc3nc2c2nc3ccccc3cc12. The fraction of sp³-hybridized carbons (Fsp3) is 0. The first-order valence-corrected chi connectivity index (χ1v) is 8.56. The van der Waals surface area contributed by atoms with Gasteiger partial charge in [0.25, 0.3) is 0 Å². The number of carboxylic acids is 2. The van der Waals surface area contributed by atoms with Crippen LogP contribution in [0.1, 0.15) is 20.7 Å². The number of aromatic carboxylic acids is 2. The normalized spacial score (nSPS) is 11.4. The van der Waals surface area contributed by atoms with Crippen LogP contribution in [0.5, 0.6) is 0 Å². The predicted molar refractivity (Wildman–Crippen MR) is 106 cm³/mol. The molecule has 0 aliphatic carbocycles. The van der Waals surface area contributed by atoms with Crippen LogP contribution in [0, 0.1) is 0 Å². The van der Waals surface area contributed by atoms with Crippen LogP contribution < -0.4 is 0 Å². The van der Waals surface area contributed by atoms with Gasteiger partial charge in [0.2, 0.25) is 0 Å². The molecule has 0 saturated carbocycles. The number of hydrogen-bond acceptors (Lipinski definition) is 4. The Kier molecular flexibility index (Phi) is 3.30. The standard InChI is InChI=1S/C22H12N2O4/c25-21(26)17-13-9-11-5-1-3-7-15(11)23-19(13)20-14(18(17)22(27)28)10-12-6-2-4-8-16(12)24-20/h1-10H,(H,25,26)(H,27,28). The van der Waals surface area contributed by atoms with Gasteiger partial charge in [-0.15, -0.1) is 0 Å². The summed E-state index contributed by atoms with van der Waals surface area (Å²) in [5.41, 5.74) is 1.58. The third-order valence-corrected chi connectivity index (χ3v) is 4.89. The Hall–Kier alpha value is -4.06. The van der Waals surface area contributed by atoms with E-state index in [0.717, 1.165) is 10.8 Å². The summed E-state index contributed by atoms with van der Waals surface area (Å²) in [4.78, 5) is 33.4. The Balaban J connectivity index is 2.13. The van der Waals surface area contributed by atoms with Gasteiger partial charge in [-0.05, 0) is 24.3 Å². The molecule has 0 amide bonds. The Bertz CT molecular complexity index is 1360. The minimum Gasteiger partial charge on any atom is -0.478 e. The first-order chi connectivity index (χ1) is 13.5. The summed E-state index contributed by atoms with van der Waals surface area (Å²) in [6.45, 7) is 0. The number of hydrogen-bond donors (Lipinski definition) is 2. The summed E-state index contributed by atoms with van der Waals surface area (Å²) >= 11 is 0. The van der Waals surface area contributed by atoms with E-state index in [-0.39, 0.29) is 21.9 Å². The van der Waals surface area contributed by atoms with Crippen LogP contribution in [0.15, 0.2) is 60.7 Å². The molecule has 0 unspecified atom stereocenters. The lowest BCUT2D eigenvalue weighted by Gasteiger charge is -2.13. The van der Waals surface area contributed by atoms with Crippen LogP contribution in [0.3, 0.4) is 0 Å². The van der Waals surface area contributed by atoms with Crippen molar-refractivity contribution in [2.75, 3.05) is 0 Å². The highest BCUT2D eigenvalue weighted by atomic mass is 16.4. The molecule has 6 nitrogen and oxygen atoms in total.